The highest BCUT2D eigenvalue weighted by Gasteiger charge is 2.28. The number of rotatable bonds is 4. The number of benzene rings is 2. The normalized spacial score (nSPS) is 17.2. The second-order valence-corrected chi connectivity index (χ2v) is 7.23. The van der Waals surface area contributed by atoms with Crippen LogP contribution in [0.4, 0.5) is 0 Å². The van der Waals surface area contributed by atoms with Crippen molar-refractivity contribution >= 4 is 28.5 Å². The van der Waals surface area contributed by atoms with E-state index < -0.39 is 0 Å². The number of nitrogens with one attached hydrogen (secondary N) is 2. The fourth-order valence-corrected chi connectivity index (χ4v) is 3.69. The van der Waals surface area contributed by atoms with Gasteiger partial charge in [0.25, 0.3) is 0 Å². The quantitative estimate of drug-likeness (QED) is 0.744. The zero-order chi connectivity index (χ0) is 18.1. The first kappa shape index (κ1) is 17.1. The molecule has 0 bridgehead atoms. The summed E-state index contributed by atoms with van der Waals surface area (Å²) in [4.78, 5) is 22.5. The van der Waals surface area contributed by atoms with Crippen molar-refractivity contribution in [3.05, 3.63) is 64.4 Å². The Hall–Kier alpha value is -2.37. The minimum atomic E-state index is -0.126. The van der Waals surface area contributed by atoms with Crippen molar-refractivity contribution in [2.75, 3.05) is 13.6 Å². The van der Waals surface area contributed by atoms with E-state index in [4.69, 9.17) is 11.6 Å². The Labute approximate surface area is 157 Å². The van der Waals surface area contributed by atoms with Crippen LogP contribution in [0.2, 0.25) is 5.02 Å². The molecule has 3 aromatic rings. The molecule has 2 N–H and O–H groups in total. The van der Waals surface area contributed by atoms with Crippen molar-refractivity contribution in [3.8, 4) is 0 Å². The highest BCUT2D eigenvalue weighted by Crippen LogP contribution is 2.22. The summed E-state index contributed by atoms with van der Waals surface area (Å²) in [5, 5.41) is 3.73. The van der Waals surface area contributed by atoms with Crippen molar-refractivity contribution in [1.29, 1.82) is 0 Å². The predicted octanol–water partition coefficient (Wildman–Crippen LogP) is 2.93. The Morgan fingerprint density at radius 3 is 2.96 bits per heavy atom. The number of hydrogen-bond donors (Lipinski definition) is 2. The first-order valence-corrected chi connectivity index (χ1v) is 9.17. The molecular formula is C20H21ClN4O. The maximum atomic E-state index is 12.6. The van der Waals surface area contributed by atoms with Crippen LogP contribution in [-0.4, -0.2) is 40.4 Å². The van der Waals surface area contributed by atoms with Gasteiger partial charge in [-0.25, -0.2) is 4.98 Å². The van der Waals surface area contributed by atoms with Crippen LogP contribution >= 0.6 is 11.6 Å². The molecule has 0 aliphatic carbocycles. The Bertz CT molecular complexity index is 952. The summed E-state index contributed by atoms with van der Waals surface area (Å²) in [5.41, 5.74) is 4.38. The molecule has 2 heterocycles. The number of fused-ring (bicyclic) bond motifs is 2. The molecule has 1 amide bonds. The zero-order valence-electron chi connectivity index (χ0n) is 14.6. The largest absolute Gasteiger partial charge is 0.354 e. The van der Waals surface area contributed by atoms with Crippen LogP contribution in [0.3, 0.4) is 0 Å². The first-order valence-electron chi connectivity index (χ1n) is 8.79. The maximum Gasteiger partial charge on any atom is 0.237 e. The van der Waals surface area contributed by atoms with Gasteiger partial charge < -0.3 is 10.3 Å². The van der Waals surface area contributed by atoms with Crippen molar-refractivity contribution in [3.63, 3.8) is 0 Å². The van der Waals surface area contributed by atoms with Gasteiger partial charge in [0.15, 0.2) is 0 Å². The van der Waals surface area contributed by atoms with Crippen LogP contribution in [0.25, 0.3) is 11.0 Å². The fraction of sp³-hybridized carbons (Fsp3) is 0.300. The first-order chi connectivity index (χ1) is 12.6. The number of aromatic amines is 1. The van der Waals surface area contributed by atoms with E-state index >= 15 is 0 Å². The smallest absolute Gasteiger partial charge is 0.237 e. The van der Waals surface area contributed by atoms with Crippen LogP contribution in [0.1, 0.15) is 17.0 Å². The number of hydrogen-bond acceptors (Lipinski definition) is 3. The number of amides is 1. The third kappa shape index (κ3) is 3.45. The Kier molecular flexibility index (Phi) is 4.66. The SMILES string of the molecule is CN1Cc2ccccc2C[C@H]1C(=O)NCCc1nc2ccc(Cl)cc2[nH]1. The van der Waals surface area contributed by atoms with Crippen LogP contribution < -0.4 is 5.32 Å². The van der Waals surface area contributed by atoms with Gasteiger partial charge in [-0.15, -0.1) is 0 Å². The molecule has 26 heavy (non-hydrogen) atoms. The number of halogens is 1. The van der Waals surface area contributed by atoms with Crippen molar-refractivity contribution in [1.82, 2.24) is 20.2 Å². The predicted molar refractivity (Wildman–Crippen MR) is 103 cm³/mol. The summed E-state index contributed by atoms with van der Waals surface area (Å²) in [5.74, 6) is 0.922. The van der Waals surface area contributed by atoms with Gasteiger partial charge in [-0.05, 0) is 42.8 Å². The van der Waals surface area contributed by atoms with Gasteiger partial charge >= 0.3 is 0 Å². The van der Waals surface area contributed by atoms with E-state index in [9.17, 15) is 4.79 Å². The number of imidazole rings is 1. The van der Waals surface area contributed by atoms with Crippen molar-refractivity contribution in [2.45, 2.75) is 25.4 Å². The average Bonchev–Trinajstić information content (AvgIpc) is 3.02. The molecule has 1 atom stereocenters. The lowest BCUT2D eigenvalue weighted by Crippen LogP contribution is -2.48. The third-order valence-corrected chi connectivity index (χ3v) is 5.18. The van der Waals surface area contributed by atoms with Gasteiger partial charge in [0.2, 0.25) is 5.91 Å². The maximum absolute atomic E-state index is 12.6. The number of carbonyl (C=O) groups is 1. The number of nitrogens with zero attached hydrogens (tertiary/aromatic N) is 2. The topological polar surface area (TPSA) is 61.0 Å². The number of H-pyrrole nitrogens is 1. The van der Waals surface area contributed by atoms with Crippen molar-refractivity contribution in [2.24, 2.45) is 0 Å². The molecule has 1 aliphatic heterocycles. The van der Waals surface area contributed by atoms with Gasteiger partial charge in [0.05, 0.1) is 17.1 Å². The number of carbonyl (C=O) groups excluding carboxylic acids is 1. The van der Waals surface area contributed by atoms with Gasteiger partial charge in [0, 0.05) is 24.5 Å². The molecule has 134 valence electrons. The molecule has 0 radical (unpaired) electrons. The van der Waals surface area contributed by atoms with Crippen LogP contribution in [-0.2, 0) is 24.2 Å². The molecule has 0 saturated heterocycles. The van der Waals surface area contributed by atoms with E-state index in [0.717, 1.165) is 29.8 Å². The second-order valence-electron chi connectivity index (χ2n) is 6.79. The van der Waals surface area contributed by atoms with E-state index in [0.29, 0.717) is 18.0 Å². The van der Waals surface area contributed by atoms with Crippen LogP contribution in [0.15, 0.2) is 42.5 Å². The minimum absolute atomic E-state index is 0.0705. The van der Waals surface area contributed by atoms with Gasteiger partial charge in [0.1, 0.15) is 5.82 Å². The molecule has 0 fully saturated rings. The molecular weight excluding hydrogens is 348 g/mol. The average molecular weight is 369 g/mol. The fourth-order valence-electron chi connectivity index (χ4n) is 3.52. The molecule has 0 spiro atoms. The molecule has 2 aromatic carbocycles. The lowest BCUT2D eigenvalue weighted by Gasteiger charge is -2.33. The second kappa shape index (κ2) is 7.09. The lowest BCUT2D eigenvalue weighted by molar-refractivity contribution is -0.126. The Morgan fingerprint density at radius 1 is 1.31 bits per heavy atom. The summed E-state index contributed by atoms with van der Waals surface area (Å²) in [6.07, 6.45) is 1.41. The molecule has 6 heteroatoms. The molecule has 4 rings (SSSR count). The summed E-state index contributed by atoms with van der Waals surface area (Å²) in [6.45, 7) is 1.36. The van der Waals surface area contributed by atoms with Crippen LogP contribution in [0, 0.1) is 0 Å². The summed E-state index contributed by atoms with van der Waals surface area (Å²) in [7, 11) is 2.00. The Balaban J connectivity index is 1.36. The highest BCUT2D eigenvalue weighted by atomic mass is 35.5. The lowest BCUT2D eigenvalue weighted by atomic mass is 9.94. The zero-order valence-corrected chi connectivity index (χ0v) is 15.4. The molecule has 1 aromatic heterocycles. The van der Waals surface area contributed by atoms with E-state index in [1.54, 1.807) is 0 Å². The molecule has 0 unspecified atom stereocenters. The summed E-state index contributed by atoms with van der Waals surface area (Å²) in [6, 6.07) is 13.8. The van der Waals surface area contributed by atoms with E-state index in [1.807, 2.05) is 37.4 Å². The monoisotopic (exact) mass is 368 g/mol. The summed E-state index contributed by atoms with van der Waals surface area (Å²) >= 11 is 6.00. The van der Waals surface area contributed by atoms with Gasteiger partial charge in [-0.2, -0.15) is 0 Å². The molecule has 0 saturated carbocycles. The molecule has 1 aliphatic rings. The molecule has 5 nitrogen and oxygen atoms in total. The van der Waals surface area contributed by atoms with E-state index in [-0.39, 0.29) is 11.9 Å². The van der Waals surface area contributed by atoms with E-state index in [2.05, 4.69) is 32.3 Å². The number of aromatic nitrogens is 2. The summed E-state index contributed by atoms with van der Waals surface area (Å²) < 4.78 is 0. The van der Waals surface area contributed by atoms with Gasteiger partial charge in [-0.1, -0.05) is 35.9 Å². The number of likely N-dealkylation sites (N-methyl/N-ethyl adjacent to an activating group) is 1. The van der Waals surface area contributed by atoms with Gasteiger partial charge in [-0.3, -0.25) is 9.69 Å². The standard InChI is InChI=1S/C20H21ClN4O/c1-25-12-14-5-3-2-4-13(14)10-18(25)20(26)22-9-8-19-23-16-7-6-15(21)11-17(16)24-19/h2-7,11,18H,8-10,12H2,1H3,(H,22,26)(H,23,24)/t18-/m0/s1. The van der Waals surface area contributed by atoms with E-state index in [1.165, 1.54) is 11.1 Å². The highest BCUT2D eigenvalue weighted by molar-refractivity contribution is 6.31. The van der Waals surface area contributed by atoms with Crippen molar-refractivity contribution < 1.29 is 4.79 Å². The van der Waals surface area contributed by atoms with Crippen LogP contribution in [0.5, 0.6) is 0 Å². The third-order valence-electron chi connectivity index (χ3n) is 4.94. The minimum Gasteiger partial charge on any atom is -0.354 e. The Morgan fingerprint density at radius 2 is 2.12 bits per heavy atom.